The van der Waals surface area contributed by atoms with Gasteiger partial charge in [0.25, 0.3) is 5.91 Å². The summed E-state index contributed by atoms with van der Waals surface area (Å²) in [5, 5.41) is 3.17. The van der Waals surface area contributed by atoms with E-state index in [4.69, 9.17) is 0 Å². The van der Waals surface area contributed by atoms with Gasteiger partial charge in [0, 0.05) is 24.6 Å². The normalized spacial score (nSPS) is 14.8. The molecule has 1 fully saturated rings. The summed E-state index contributed by atoms with van der Waals surface area (Å²) in [4.78, 5) is 26.7. The molecule has 1 aliphatic rings. The van der Waals surface area contributed by atoms with E-state index >= 15 is 0 Å². The first kappa shape index (κ1) is 31.3. The highest BCUT2D eigenvalue weighted by Crippen LogP contribution is 2.22. The third-order valence-electron chi connectivity index (χ3n) is 7.89. The van der Waals surface area contributed by atoms with E-state index in [0.29, 0.717) is 23.1 Å². The van der Waals surface area contributed by atoms with E-state index in [-0.39, 0.29) is 17.9 Å². The molecule has 1 aliphatic heterocycles. The maximum Gasteiger partial charge on any atom is 0.251 e. The Hall–Kier alpha value is -1.88. The molecule has 210 valence electrons. The summed E-state index contributed by atoms with van der Waals surface area (Å²) in [5.74, 6) is 0.249. The summed E-state index contributed by atoms with van der Waals surface area (Å²) < 4.78 is 0.600. The van der Waals surface area contributed by atoms with Crippen molar-refractivity contribution in [2.75, 3.05) is 27.3 Å². The largest absolute Gasteiger partial charge is 0.350 e. The lowest BCUT2D eigenvalue weighted by Gasteiger charge is -2.33. The van der Waals surface area contributed by atoms with Gasteiger partial charge < -0.3 is 5.32 Å². The lowest BCUT2D eigenvalue weighted by Crippen LogP contribution is -2.49. The molecule has 1 unspecified atom stereocenters. The minimum Gasteiger partial charge on any atom is -0.350 e. The molecule has 5 nitrogen and oxygen atoms in total. The number of benzene rings is 1. The lowest BCUT2D eigenvalue weighted by atomic mass is 10.0. The molecule has 2 rings (SSSR count). The average molecular weight is 515 g/mol. The van der Waals surface area contributed by atoms with Crippen LogP contribution >= 0.6 is 0 Å². The standard InChI is InChI=1S/C32H55N3O2/c1-5-6-7-8-9-10-11-12-13-14-15-16-17-18-20-28(2)33-32(37)29-22-24-30(25-23-29)35(3,4)27-34-26-19-21-31(34)36/h22-25,28H,5-21,26-27H2,1-4H3/p+1. The Kier molecular flexibility index (Phi) is 14.9. The zero-order valence-electron chi connectivity index (χ0n) is 24.5. The monoisotopic (exact) mass is 514 g/mol. The predicted molar refractivity (Wildman–Crippen MR) is 158 cm³/mol. The molecule has 37 heavy (non-hydrogen) atoms. The number of rotatable bonds is 20. The fourth-order valence-corrected chi connectivity index (χ4v) is 5.40. The van der Waals surface area contributed by atoms with Gasteiger partial charge in [0.05, 0.1) is 14.1 Å². The zero-order chi connectivity index (χ0) is 26.9. The Morgan fingerprint density at radius 3 is 1.86 bits per heavy atom. The van der Waals surface area contributed by atoms with Crippen molar-refractivity contribution in [3.63, 3.8) is 0 Å². The van der Waals surface area contributed by atoms with Crippen LogP contribution in [0.4, 0.5) is 5.69 Å². The number of nitrogens with one attached hydrogen (secondary N) is 1. The van der Waals surface area contributed by atoms with E-state index in [9.17, 15) is 9.59 Å². The summed E-state index contributed by atoms with van der Waals surface area (Å²) in [5.41, 5.74) is 1.81. The van der Waals surface area contributed by atoms with Gasteiger partial charge in [0.15, 0.2) is 6.67 Å². The number of likely N-dealkylation sites (tertiary alicyclic amines) is 1. The van der Waals surface area contributed by atoms with E-state index in [1.165, 1.54) is 89.9 Å². The van der Waals surface area contributed by atoms with Crippen LogP contribution in [0.15, 0.2) is 24.3 Å². The van der Waals surface area contributed by atoms with Gasteiger partial charge in [-0.05, 0) is 44.0 Å². The Bertz CT molecular complexity index is 775. The van der Waals surface area contributed by atoms with Crippen molar-refractivity contribution in [3.05, 3.63) is 29.8 Å². The fourth-order valence-electron chi connectivity index (χ4n) is 5.40. The molecule has 1 aromatic carbocycles. The first-order valence-corrected chi connectivity index (χ1v) is 15.4. The van der Waals surface area contributed by atoms with Crippen LogP contribution in [0.2, 0.25) is 0 Å². The van der Waals surface area contributed by atoms with Gasteiger partial charge in [-0.25, -0.2) is 0 Å². The maximum absolute atomic E-state index is 12.7. The van der Waals surface area contributed by atoms with Crippen LogP contribution in [0.1, 0.15) is 133 Å². The van der Waals surface area contributed by atoms with Crippen LogP contribution in [0.3, 0.4) is 0 Å². The molecule has 0 aliphatic carbocycles. The van der Waals surface area contributed by atoms with Crippen molar-refractivity contribution < 1.29 is 9.59 Å². The Labute approximate surface area is 228 Å². The molecule has 2 amide bonds. The van der Waals surface area contributed by atoms with Crippen LogP contribution < -0.4 is 9.80 Å². The third kappa shape index (κ3) is 12.5. The van der Waals surface area contributed by atoms with Crippen molar-refractivity contribution in [1.29, 1.82) is 0 Å². The lowest BCUT2D eigenvalue weighted by molar-refractivity contribution is -0.129. The van der Waals surface area contributed by atoms with Crippen molar-refractivity contribution in [2.45, 2.75) is 129 Å². The summed E-state index contributed by atoms with van der Waals surface area (Å²) >= 11 is 0. The van der Waals surface area contributed by atoms with Gasteiger partial charge in [-0.2, -0.15) is 0 Å². The van der Waals surface area contributed by atoms with E-state index in [1.807, 2.05) is 29.2 Å². The Morgan fingerprint density at radius 2 is 1.38 bits per heavy atom. The molecular weight excluding hydrogens is 458 g/mol. The minimum atomic E-state index is 0.00411. The van der Waals surface area contributed by atoms with Crippen LogP contribution in [-0.2, 0) is 4.79 Å². The number of carbonyl (C=O) groups excluding carboxylic acids is 2. The molecule has 0 radical (unpaired) electrons. The highest BCUT2D eigenvalue weighted by molar-refractivity contribution is 5.94. The number of carbonyl (C=O) groups is 2. The summed E-state index contributed by atoms with van der Waals surface area (Å²) in [6.07, 6.45) is 21.8. The van der Waals surface area contributed by atoms with Crippen molar-refractivity contribution in [1.82, 2.24) is 14.7 Å². The Balaban J connectivity index is 1.53. The minimum absolute atomic E-state index is 0.00411. The SMILES string of the molecule is CCCCCCCCCCCCCCCCC(C)NC(=O)c1ccc([N+](C)(C)CN2CCCC2=O)cc1. The molecule has 0 bridgehead atoms. The van der Waals surface area contributed by atoms with Gasteiger partial charge in [-0.15, -0.1) is 0 Å². The number of hydrogen-bond donors (Lipinski definition) is 1. The second-order valence-corrected chi connectivity index (χ2v) is 11.9. The molecule has 0 saturated carbocycles. The topological polar surface area (TPSA) is 49.4 Å². The van der Waals surface area contributed by atoms with Crippen LogP contribution in [0, 0.1) is 0 Å². The highest BCUT2D eigenvalue weighted by Gasteiger charge is 2.29. The van der Waals surface area contributed by atoms with Gasteiger partial charge >= 0.3 is 0 Å². The van der Waals surface area contributed by atoms with Gasteiger partial charge in [-0.3, -0.25) is 19.0 Å². The van der Waals surface area contributed by atoms with Gasteiger partial charge in [0.2, 0.25) is 5.91 Å². The molecule has 1 aromatic rings. The summed E-state index contributed by atoms with van der Waals surface area (Å²) in [7, 11) is 4.22. The van der Waals surface area contributed by atoms with Gasteiger partial charge in [0.1, 0.15) is 5.69 Å². The Morgan fingerprint density at radius 1 is 0.865 bits per heavy atom. The fraction of sp³-hybridized carbons (Fsp3) is 0.750. The quantitative estimate of drug-likeness (QED) is 0.142. The van der Waals surface area contributed by atoms with E-state index in [1.54, 1.807) is 0 Å². The van der Waals surface area contributed by atoms with Crippen LogP contribution in [0.5, 0.6) is 0 Å². The number of nitrogens with zero attached hydrogens (tertiary/aromatic N) is 2. The second kappa shape index (κ2) is 17.6. The van der Waals surface area contributed by atoms with Crippen molar-refractivity contribution >= 4 is 17.5 Å². The average Bonchev–Trinajstić information content (AvgIpc) is 3.27. The third-order valence-corrected chi connectivity index (χ3v) is 7.89. The maximum atomic E-state index is 12.7. The number of hydrogen-bond acceptors (Lipinski definition) is 2. The van der Waals surface area contributed by atoms with E-state index < -0.39 is 0 Å². The smallest absolute Gasteiger partial charge is 0.251 e. The second-order valence-electron chi connectivity index (χ2n) is 11.9. The number of quaternary nitrogens is 1. The first-order valence-electron chi connectivity index (χ1n) is 15.4. The molecule has 5 heteroatoms. The highest BCUT2D eigenvalue weighted by atomic mass is 16.2. The molecule has 1 saturated heterocycles. The van der Waals surface area contributed by atoms with E-state index in [0.717, 1.165) is 25.1 Å². The molecular formula is C32H56N3O2+. The molecule has 1 heterocycles. The van der Waals surface area contributed by atoms with E-state index in [2.05, 4.69) is 33.3 Å². The number of amides is 2. The summed E-state index contributed by atoms with van der Waals surface area (Å²) in [6, 6.07) is 8.06. The van der Waals surface area contributed by atoms with Crippen LogP contribution in [-0.4, -0.2) is 50.1 Å². The number of unbranched alkanes of at least 4 members (excludes halogenated alkanes) is 13. The van der Waals surface area contributed by atoms with Crippen LogP contribution in [0.25, 0.3) is 0 Å². The molecule has 1 N–H and O–H groups in total. The van der Waals surface area contributed by atoms with Crippen molar-refractivity contribution in [2.24, 2.45) is 0 Å². The molecule has 0 spiro atoms. The summed E-state index contributed by atoms with van der Waals surface area (Å²) in [6.45, 7) is 5.91. The molecule has 0 aromatic heterocycles. The van der Waals surface area contributed by atoms with Crippen molar-refractivity contribution in [3.8, 4) is 0 Å². The molecule has 1 atom stereocenters. The zero-order valence-corrected chi connectivity index (χ0v) is 24.5. The van der Waals surface area contributed by atoms with Gasteiger partial charge in [-0.1, -0.05) is 96.8 Å². The predicted octanol–water partition coefficient (Wildman–Crippen LogP) is 7.82. The first-order chi connectivity index (χ1) is 17.8.